The molecule has 3 aromatic rings. The average Bonchev–Trinajstić information content (AvgIpc) is 3.27. The number of piperidine rings is 1. The van der Waals surface area contributed by atoms with Gasteiger partial charge in [-0.3, -0.25) is 9.69 Å². The molecule has 0 aliphatic carbocycles. The Hall–Kier alpha value is -2.63. The Kier molecular flexibility index (Phi) is 6.82. The third kappa shape index (κ3) is 5.71. The quantitative estimate of drug-likeness (QED) is 0.623. The number of imidazole rings is 1. The van der Waals surface area contributed by atoms with Crippen LogP contribution >= 0.6 is 11.6 Å². The van der Waals surface area contributed by atoms with E-state index in [0.717, 1.165) is 49.6 Å². The number of hydrogen-bond donors (Lipinski definition) is 1. The molecule has 1 fully saturated rings. The minimum Gasteiger partial charge on any atom is -0.352 e. The maximum atomic E-state index is 12.8. The molecule has 1 N–H and O–H groups in total. The number of hydrogen-bond acceptors (Lipinski definition) is 3. The van der Waals surface area contributed by atoms with Gasteiger partial charge in [-0.15, -0.1) is 0 Å². The largest absolute Gasteiger partial charge is 0.352 e. The molecular weight excluding hydrogens is 396 g/mol. The van der Waals surface area contributed by atoms with Gasteiger partial charge in [0.25, 0.3) is 0 Å². The van der Waals surface area contributed by atoms with Crippen molar-refractivity contribution in [2.75, 3.05) is 13.1 Å². The number of aromatic nitrogens is 2. The van der Waals surface area contributed by atoms with E-state index in [1.165, 1.54) is 11.1 Å². The second-order valence-electron chi connectivity index (χ2n) is 7.97. The molecule has 4 rings (SSSR count). The zero-order valence-electron chi connectivity index (χ0n) is 17.0. The van der Waals surface area contributed by atoms with Crippen molar-refractivity contribution in [2.24, 2.45) is 5.92 Å². The van der Waals surface area contributed by atoms with E-state index < -0.39 is 0 Å². The Morgan fingerprint density at radius 3 is 2.73 bits per heavy atom. The lowest BCUT2D eigenvalue weighted by atomic mass is 9.96. The monoisotopic (exact) mass is 422 g/mol. The van der Waals surface area contributed by atoms with Crippen molar-refractivity contribution in [1.29, 1.82) is 0 Å². The Morgan fingerprint density at radius 2 is 1.93 bits per heavy atom. The van der Waals surface area contributed by atoms with Gasteiger partial charge >= 0.3 is 0 Å². The number of halogens is 1. The maximum Gasteiger partial charge on any atom is 0.224 e. The Morgan fingerprint density at radius 1 is 1.10 bits per heavy atom. The highest BCUT2D eigenvalue weighted by Gasteiger charge is 2.25. The van der Waals surface area contributed by atoms with Gasteiger partial charge in [0.2, 0.25) is 5.91 Å². The number of nitrogens with one attached hydrogen (secondary N) is 1. The van der Waals surface area contributed by atoms with E-state index in [1.807, 2.05) is 35.3 Å². The highest BCUT2D eigenvalue weighted by atomic mass is 35.5. The second kappa shape index (κ2) is 9.92. The summed E-state index contributed by atoms with van der Waals surface area (Å²) in [5.74, 6) is 0.191. The number of benzene rings is 2. The van der Waals surface area contributed by atoms with Crippen molar-refractivity contribution in [3.63, 3.8) is 0 Å². The first-order valence-corrected chi connectivity index (χ1v) is 10.8. The third-order valence-electron chi connectivity index (χ3n) is 5.58. The topological polar surface area (TPSA) is 50.2 Å². The van der Waals surface area contributed by atoms with Gasteiger partial charge in [0.05, 0.1) is 12.2 Å². The summed E-state index contributed by atoms with van der Waals surface area (Å²) in [6, 6.07) is 16.3. The molecular formula is C24H27ClN4O. The molecule has 0 spiro atoms. The van der Waals surface area contributed by atoms with E-state index in [2.05, 4.69) is 45.5 Å². The summed E-state index contributed by atoms with van der Waals surface area (Å²) in [5.41, 5.74) is 3.55. The summed E-state index contributed by atoms with van der Waals surface area (Å²) in [6.07, 6.45) is 7.54. The molecule has 1 aliphatic heterocycles. The molecule has 6 heteroatoms. The van der Waals surface area contributed by atoms with Crippen LogP contribution in [0.15, 0.2) is 67.3 Å². The first-order valence-electron chi connectivity index (χ1n) is 10.4. The van der Waals surface area contributed by atoms with Crippen molar-refractivity contribution in [1.82, 2.24) is 19.8 Å². The predicted molar refractivity (Wildman–Crippen MR) is 119 cm³/mol. The van der Waals surface area contributed by atoms with Gasteiger partial charge in [-0.1, -0.05) is 48.0 Å². The van der Waals surface area contributed by atoms with Gasteiger partial charge in [-0.2, -0.15) is 0 Å². The Labute approximate surface area is 182 Å². The molecule has 2 aromatic carbocycles. The predicted octanol–water partition coefficient (Wildman–Crippen LogP) is 4.11. The van der Waals surface area contributed by atoms with Gasteiger partial charge in [0.1, 0.15) is 0 Å². The number of likely N-dealkylation sites (tertiary alicyclic amines) is 1. The molecule has 1 unspecified atom stereocenters. The second-order valence-corrected chi connectivity index (χ2v) is 8.41. The molecule has 1 amide bonds. The SMILES string of the molecule is O=C(NCc1cccc(Cn2ccnc2)c1)C1CCCN(Cc2ccc(Cl)cc2)C1. The molecule has 156 valence electrons. The molecule has 30 heavy (non-hydrogen) atoms. The molecule has 1 aliphatic rings. The van der Waals surface area contributed by atoms with Crippen molar-refractivity contribution < 1.29 is 4.79 Å². The lowest BCUT2D eigenvalue weighted by Crippen LogP contribution is -2.42. The number of carbonyl (C=O) groups excluding carboxylic acids is 1. The first kappa shape index (κ1) is 20.6. The van der Waals surface area contributed by atoms with E-state index in [4.69, 9.17) is 11.6 Å². The first-order chi connectivity index (χ1) is 14.7. The van der Waals surface area contributed by atoms with Crippen LogP contribution < -0.4 is 5.32 Å². The molecule has 0 saturated carbocycles. The fraction of sp³-hybridized carbons (Fsp3) is 0.333. The minimum absolute atomic E-state index is 0.0418. The van der Waals surface area contributed by atoms with Crippen molar-refractivity contribution >= 4 is 17.5 Å². The van der Waals surface area contributed by atoms with Crippen LogP contribution in [0, 0.1) is 5.92 Å². The molecule has 2 heterocycles. The lowest BCUT2D eigenvalue weighted by molar-refractivity contribution is -0.126. The fourth-order valence-corrected chi connectivity index (χ4v) is 4.15. The van der Waals surface area contributed by atoms with E-state index in [0.29, 0.717) is 6.54 Å². The van der Waals surface area contributed by atoms with E-state index in [-0.39, 0.29) is 11.8 Å². The summed E-state index contributed by atoms with van der Waals surface area (Å²) < 4.78 is 2.04. The summed E-state index contributed by atoms with van der Waals surface area (Å²) in [7, 11) is 0. The fourth-order valence-electron chi connectivity index (χ4n) is 4.02. The lowest BCUT2D eigenvalue weighted by Gasteiger charge is -2.32. The minimum atomic E-state index is 0.0418. The summed E-state index contributed by atoms with van der Waals surface area (Å²) in [5, 5.41) is 3.90. The van der Waals surface area contributed by atoms with Crippen LogP contribution in [0.3, 0.4) is 0 Å². The maximum absolute atomic E-state index is 12.8. The van der Waals surface area contributed by atoms with Crippen LogP contribution in [0.5, 0.6) is 0 Å². The molecule has 5 nitrogen and oxygen atoms in total. The molecule has 0 radical (unpaired) electrons. The zero-order valence-corrected chi connectivity index (χ0v) is 17.8. The van der Waals surface area contributed by atoms with Gasteiger partial charge < -0.3 is 9.88 Å². The summed E-state index contributed by atoms with van der Waals surface area (Å²) in [6.45, 7) is 4.03. The highest BCUT2D eigenvalue weighted by molar-refractivity contribution is 6.30. The number of rotatable bonds is 7. The van der Waals surface area contributed by atoms with Crippen LogP contribution in [0.2, 0.25) is 5.02 Å². The van der Waals surface area contributed by atoms with Crippen LogP contribution in [0.1, 0.15) is 29.5 Å². The Bertz CT molecular complexity index is 956. The van der Waals surface area contributed by atoms with E-state index >= 15 is 0 Å². The van der Waals surface area contributed by atoms with Gasteiger partial charge in [-0.05, 0) is 48.2 Å². The number of amides is 1. The molecule has 1 atom stereocenters. The number of nitrogens with zero attached hydrogens (tertiary/aromatic N) is 3. The average molecular weight is 423 g/mol. The molecule has 1 saturated heterocycles. The number of carbonyl (C=O) groups is 1. The van der Waals surface area contributed by atoms with E-state index in [9.17, 15) is 4.79 Å². The normalized spacial score (nSPS) is 17.0. The van der Waals surface area contributed by atoms with Crippen molar-refractivity contribution in [2.45, 2.75) is 32.5 Å². The van der Waals surface area contributed by atoms with E-state index in [1.54, 1.807) is 6.20 Å². The zero-order chi connectivity index (χ0) is 20.8. The van der Waals surface area contributed by atoms with Crippen LogP contribution in [0.4, 0.5) is 0 Å². The molecule has 0 bridgehead atoms. The summed E-state index contributed by atoms with van der Waals surface area (Å²) in [4.78, 5) is 19.2. The highest BCUT2D eigenvalue weighted by Crippen LogP contribution is 2.20. The standard InChI is InChI=1S/C24H27ClN4O/c25-23-8-6-19(7-9-23)15-28-11-2-5-22(17-28)24(30)27-14-20-3-1-4-21(13-20)16-29-12-10-26-18-29/h1,3-4,6-10,12-13,18,22H,2,5,11,14-17H2,(H,27,30). The van der Waals surface area contributed by atoms with Crippen molar-refractivity contribution in [3.05, 3.63) is 89.0 Å². The van der Waals surface area contributed by atoms with Crippen LogP contribution in [-0.4, -0.2) is 33.4 Å². The smallest absolute Gasteiger partial charge is 0.224 e. The third-order valence-corrected chi connectivity index (χ3v) is 5.83. The van der Waals surface area contributed by atoms with Gasteiger partial charge in [0.15, 0.2) is 0 Å². The summed E-state index contributed by atoms with van der Waals surface area (Å²) >= 11 is 5.98. The van der Waals surface area contributed by atoms with Gasteiger partial charge in [-0.25, -0.2) is 4.98 Å². The van der Waals surface area contributed by atoms with Crippen LogP contribution in [0.25, 0.3) is 0 Å². The molecule has 1 aromatic heterocycles. The Balaban J connectivity index is 1.28. The van der Waals surface area contributed by atoms with Gasteiger partial charge in [0, 0.05) is 43.6 Å². The van der Waals surface area contributed by atoms with Crippen molar-refractivity contribution in [3.8, 4) is 0 Å². The van der Waals surface area contributed by atoms with Crippen LogP contribution in [-0.2, 0) is 24.4 Å².